The first-order valence-electron chi connectivity index (χ1n) is 8.62. The summed E-state index contributed by atoms with van der Waals surface area (Å²) in [6.07, 6.45) is 4.39. The molecule has 6 nitrogen and oxygen atoms in total. The zero-order valence-corrected chi connectivity index (χ0v) is 14.4. The molecular formula is C20H19N3O3. The molecule has 1 N–H and O–H groups in total. The van der Waals surface area contributed by atoms with Gasteiger partial charge in [0.05, 0.1) is 0 Å². The van der Waals surface area contributed by atoms with Crippen molar-refractivity contribution in [1.82, 2.24) is 14.7 Å². The molecule has 6 heteroatoms. The van der Waals surface area contributed by atoms with Gasteiger partial charge in [0, 0.05) is 24.0 Å². The third-order valence-electron chi connectivity index (χ3n) is 4.31. The molecular weight excluding hydrogens is 330 g/mol. The fourth-order valence-corrected chi connectivity index (χ4v) is 2.75. The molecule has 2 aromatic heterocycles. The van der Waals surface area contributed by atoms with Crippen LogP contribution in [0.15, 0.2) is 54.9 Å². The van der Waals surface area contributed by atoms with Gasteiger partial charge in [0.25, 0.3) is 5.91 Å². The number of amides is 1. The lowest BCUT2D eigenvalue weighted by Gasteiger charge is -2.17. The smallest absolute Gasteiger partial charge is 0.359 e. The van der Waals surface area contributed by atoms with E-state index in [1.807, 2.05) is 43.5 Å². The summed E-state index contributed by atoms with van der Waals surface area (Å²) < 4.78 is 7.30. The zero-order chi connectivity index (χ0) is 18.1. The van der Waals surface area contributed by atoms with Gasteiger partial charge >= 0.3 is 5.97 Å². The number of aromatic nitrogens is 2. The van der Waals surface area contributed by atoms with Crippen molar-refractivity contribution in [3.05, 3.63) is 71.7 Å². The fourth-order valence-electron chi connectivity index (χ4n) is 2.75. The molecule has 0 bridgehead atoms. The quantitative estimate of drug-likeness (QED) is 0.719. The number of imidazole rings is 1. The third kappa shape index (κ3) is 3.44. The first-order valence-corrected chi connectivity index (χ1v) is 8.62. The van der Waals surface area contributed by atoms with E-state index in [0.717, 1.165) is 18.4 Å². The summed E-state index contributed by atoms with van der Waals surface area (Å²) in [6.45, 7) is 1.96. The number of nitrogens with one attached hydrogen (secondary N) is 1. The Kier molecular flexibility index (Phi) is 4.16. The number of carbonyl (C=O) groups is 2. The molecule has 1 aliphatic rings. The molecule has 1 saturated carbocycles. The van der Waals surface area contributed by atoms with Crippen molar-refractivity contribution in [2.75, 3.05) is 0 Å². The summed E-state index contributed by atoms with van der Waals surface area (Å²) in [4.78, 5) is 29.5. The Hall–Kier alpha value is -3.15. The number of fused-ring (bicyclic) bond motifs is 1. The SMILES string of the molecule is Cc1ccn2cc(C(=O)O[C@H](C(=O)NC3CC3)c3ccccc3)nc2c1. The Labute approximate surface area is 150 Å². The van der Waals surface area contributed by atoms with E-state index in [0.29, 0.717) is 11.2 Å². The van der Waals surface area contributed by atoms with Crippen molar-refractivity contribution < 1.29 is 14.3 Å². The van der Waals surface area contributed by atoms with Crippen LogP contribution in [0.3, 0.4) is 0 Å². The number of pyridine rings is 1. The Morgan fingerprint density at radius 2 is 2.00 bits per heavy atom. The van der Waals surface area contributed by atoms with Gasteiger partial charge in [-0.3, -0.25) is 4.79 Å². The topological polar surface area (TPSA) is 72.7 Å². The number of ether oxygens (including phenoxy) is 1. The summed E-state index contributed by atoms with van der Waals surface area (Å²) in [5.74, 6) is -0.919. The van der Waals surface area contributed by atoms with E-state index >= 15 is 0 Å². The number of hydrogen-bond donors (Lipinski definition) is 1. The highest BCUT2D eigenvalue weighted by atomic mass is 16.5. The molecule has 1 amide bonds. The molecule has 0 aliphatic heterocycles. The van der Waals surface area contributed by atoms with E-state index in [-0.39, 0.29) is 17.6 Å². The van der Waals surface area contributed by atoms with Gasteiger partial charge < -0.3 is 14.5 Å². The van der Waals surface area contributed by atoms with Crippen LogP contribution < -0.4 is 5.32 Å². The van der Waals surface area contributed by atoms with Gasteiger partial charge in [-0.25, -0.2) is 9.78 Å². The molecule has 0 unspecified atom stereocenters. The van der Waals surface area contributed by atoms with Crippen LogP contribution in [0.1, 0.15) is 40.6 Å². The molecule has 1 fully saturated rings. The van der Waals surface area contributed by atoms with E-state index in [1.54, 1.807) is 22.7 Å². The molecule has 2 heterocycles. The van der Waals surface area contributed by atoms with Crippen LogP contribution in [0.25, 0.3) is 5.65 Å². The minimum atomic E-state index is -0.990. The molecule has 132 valence electrons. The summed E-state index contributed by atoms with van der Waals surface area (Å²) in [6, 6.07) is 13.0. The Morgan fingerprint density at radius 1 is 1.23 bits per heavy atom. The lowest BCUT2D eigenvalue weighted by molar-refractivity contribution is -0.130. The molecule has 0 radical (unpaired) electrons. The Morgan fingerprint density at radius 3 is 2.73 bits per heavy atom. The first kappa shape index (κ1) is 16.3. The molecule has 0 saturated heterocycles. The van der Waals surface area contributed by atoms with Crippen LogP contribution in [-0.2, 0) is 9.53 Å². The van der Waals surface area contributed by atoms with Crippen molar-refractivity contribution in [3.8, 4) is 0 Å². The highest BCUT2D eigenvalue weighted by molar-refractivity contribution is 5.92. The molecule has 3 aromatic rings. The normalized spacial score (nSPS) is 14.8. The second-order valence-corrected chi connectivity index (χ2v) is 6.57. The summed E-state index contributed by atoms with van der Waals surface area (Å²) in [5, 5.41) is 2.90. The molecule has 1 aliphatic carbocycles. The van der Waals surface area contributed by atoms with Crippen LogP contribution in [0.4, 0.5) is 0 Å². The van der Waals surface area contributed by atoms with Crippen LogP contribution in [-0.4, -0.2) is 27.3 Å². The average molecular weight is 349 g/mol. The van der Waals surface area contributed by atoms with E-state index in [2.05, 4.69) is 10.3 Å². The van der Waals surface area contributed by atoms with Crippen LogP contribution in [0, 0.1) is 6.92 Å². The molecule has 1 atom stereocenters. The first-order chi connectivity index (χ1) is 12.6. The van der Waals surface area contributed by atoms with Crippen LogP contribution in [0.5, 0.6) is 0 Å². The number of hydrogen-bond acceptors (Lipinski definition) is 4. The number of nitrogens with zero attached hydrogens (tertiary/aromatic N) is 2. The Balaban J connectivity index is 1.59. The van der Waals surface area contributed by atoms with Crippen LogP contribution in [0.2, 0.25) is 0 Å². The van der Waals surface area contributed by atoms with Crippen LogP contribution >= 0.6 is 0 Å². The lowest BCUT2D eigenvalue weighted by atomic mass is 10.1. The predicted molar refractivity (Wildman–Crippen MR) is 95.7 cm³/mol. The van der Waals surface area contributed by atoms with Gasteiger partial charge in [0.15, 0.2) is 5.69 Å². The van der Waals surface area contributed by atoms with Crippen molar-refractivity contribution >= 4 is 17.5 Å². The molecule has 1 aromatic carbocycles. The standard InChI is InChI=1S/C20H19N3O3/c1-13-9-10-23-12-16(22-17(23)11-13)20(25)26-18(14-5-3-2-4-6-14)19(24)21-15-7-8-15/h2-6,9-12,15,18H,7-8H2,1H3,(H,21,24)/t18-/m0/s1. The van der Waals surface area contributed by atoms with Gasteiger partial charge in [-0.05, 0) is 37.5 Å². The fraction of sp³-hybridized carbons (Fsp3) is 0.250. The number of carbonyl (C=O) groups excluding carboxylic acids is 2. The third-order valence-corrected chi connectivity index (χ3v) is 4.31. The number of rotatable bonds is 5. The van der Waals surface area contributed by atoms with Crippen molar-refractivity contribution in [2.45, 2.75) is 31.9 Å². The van der Waals surface area contributed by atoms with Gasteiger partial charge in [0.1, 0.15) is 5.65 Å². The highest BCUT2D eigenvalue weighted by Gasteiger charge is 2.31. The van der Waals surface area contributed by atoms with Gasteiger partial charge in [0.2, 0.25) is 6.10 Å². The van der Waals surface area contributed by atoms with Crippen molar-refractivity contribution in [2.24, 2.45) is 0 Å². The van der Waals surface area contributed by atoms with E-state index in [1.165, 1.54) is 0 Å². The lowest BCUT2D eigenvalue weighted by Crippen LogP contribution is -2.33. The zero-order valence-electron chi connectivity index (χ0n) is 14.4. The number of esters is 1. The second kappa shape index (κ2) is 6.63. The van der Waals surface area contributed by atoms with Crippen molar-refractivity contribution in [3.63, 3.8) is 0 Å². The van der Waals surface area contributed by atoms with E-state index in [4.69, 9.17) is 4.74 Å². The maximum atomic E-state index is 12.6. The highest BCUT2D eigenvalue weighted by Crippen LogP contribution is 2.24. The maximum Gasteiger partial charge on any atom is 0.359 e. The molecule has 26 heavy (non-hydrogen) atoms. The number of aryl methyl sites for hydroxylation is 1. The monoisotopic (exact) mass is 349 g/mol. The summed E-state index contributed by atoms with van der Waals surface area (Å²) in [7, 11) is 0. The summed E-state index contributed by atoms with van der Waals surface area (Å²) in [5.41, 5.74) is 2.53. The largest absolute Gasteiger partial charge is 0.443 e. The van der Waals surface area contributed by atoms with Crippen molar-refractivity contribution in [1.29, 1.82) is 0 Å². The minimum Gasteiger partial charge on any atom is -0.443 e. The van der Waals surface area contributed by atoms with Gasteiger partial charge in [-0.15, -0.1) is 0 Å². The number of benzene rings is 1. The average Bonchev–Trinajstić information content (AvgIpc) is 3.35. The predicted octanol–water partition coefficient (Wildman–Crippen LogP) is 2.82. The minimum absolute atomic E-state index is 0.177. The van der Waals surface area contributed by atoms with Gasteiger partial charge in [-0.1, -0.05) is 30.3 Å². The van der Waals surface area contributed by atoms with E-state index in [9.17, 15) is 9.59 Å². The Bertz CT molecular complexity index is 961. The second-order valence-electron chi connectivity index (χ2n) is 6.57. The molecule has 0 spiro atoms. The summed E-state index contributed by atoms with van der Waals surface area (Å²) >= 11 is 0. The maximum absolute atomic E-state index is 12.6. The van der Waals surface area contributed by atoms with Gasteiger partial charge in [-0.2, -0.15) is 0 Å². The molecule has 4 rings (SSSR count). The van der Waals surface area contributed by atoms with E-state index < -0.39 is 12.1 Å².